The smallest absolute Gasteiger partial charge is 0.416 e. The van der Waals surface area contributed by atoms with Crippen LogP contribution in [0.1, 0.15) is 34.0 Å². The van der Waals surface area contributed by atoms with Crippen LogP contribution in [0.5, 0.6) is 11.5 Å². The molecule has 0 aliphatic carbocycles. The van der Waals surface area contributed by atoms with Crippen LogP contribution in [0, 0.1) is 0 Å². The third kappa shape index (κ3) is 5.56. The van der Waals surface area contributed by atoms with E-state index in [1.807, 2.05) is 6.07 Å². The monoisotopic (exact) mass is 485 g/mol. The zero-order valence-corrected chi connectivity index (χ0v) is 18.8. The van der Waals surface area contributed by atoms with Crippen molar-refractivity contribution in [3.8, 4) is 11.5 Å². The minimum absolute atomic E-state index is 0.179. The topological polar surface area (TPSA) is 65.1 Å². The third-order valence-electron chi connectivity index (χ3n) is 5.39. The van der Waals surface area contributed by atoms with E-state index in [9.17, 15) is 22.8 Å². The Morgan fingerprint density at radius 2 is 1.74 bits per heavy atom. The van der Waals surface area contributed by atoms with Gasteiger partial charge in [-0.2, -0.15) is 13.2 Å². The van der Waals surface area contributed by atoms with Gasteiger partial charge in [0.15, 0.2) is 6.61 Å². The van der Waals surface area contributed by atoms with Gasteiger partial charge in [0.25, 0.3) is 5.91 Å². The van der Waals surface area contributed by atoms with Crippen molar-refractivity contribution >= 4 is 17.6 Å². The molecular weight excluding hydrogens is 463 g/mol. The summed E-state index contributed by atoms with van der Waals surface area (Å²) in [7, 11) is 0. The van der Waals surface area contributed by atoms with Gasteiger partial charge in [0.2, 0.25) is 0 Å². The first-order chi connectivity index (χ1) is 16.8. The van der Waals surface area contributed by atoms with Crippen molar-refractivity contribution in [2.24, 2.45) is 0 Å². The van der Waals surface area contributed by atoms with Crippen molar-refractivity contribution in [2.75, 3.05) is 18.1 Å². The minimum atomic E-state index is -4.45. The number of benzene rings is 3. The second-order valence-corrected chi connectivity index (χ2v) is 7.75. The molecule has 0 bridgehead atoms. The fourth-order valence-electron chi connectivity index (χ4n) is 3.71. The van der Waals surface area contributed by atoms with E-state index in [1.54, 1.807) is 43.3 Å². The highest BCUT2D eigenvalue weighted by atomic mass is 19.4. The molecule has 0 atom stereocenters. The Balaban J connectivity index is 1.45. The van der Waals surface area contributed by atoms with Crippen LogP contribution in [-0.4, -0.2) is 25.1 Å². The maximum absolute atomic E-state index is 12.9. The van der Waals surface area contributed by atoms with Crippen LogP contribution >= 0.6 is 0 Å². The largest absolute Gasteiger partial charge is 0.489 e. The van der Waals surface area contributed by atoms with Gasteiger partial charge < -0.3 is 19.1 Å². The number of fused-ring (bicyclic) bond motifs is 1. The number of hydrogen-bond donors (Lipinski definition) is 0. The Hall–Kier alpha value is -4.01. The van der Waals surface area contributed by atoms with Crippen LogP contribution in [0.2, 0.25) is 0 Å². The van der Waals surface area contributed by atoms with Gasteiger partial charge in [0, 0.05) is 16.8 Å². The number of ether oxygens (including phenoxy) is 3. The number of halogens is 3. The predicted octanol–water partition coefficient (Wildman–Crippen LogP) is 5.39. The molecule has 0 fully saturated rings. The molecule has 9 heteroatoms. The maximum Gasteiger partial charge on any atom is 0.416 e. The summed E-state index contributed by atoms with van der Waals surface area (Å²) in [5.41, 5.74) is 1.48. The second kappa shape index (κ2) is 10.1. The molecular formula is C26H22F3NO5. The molecule has 0 N–H and O–H groups in total. The average molecular weight is 485 g/mol. The van der Waals surface area contributed by atoms with E-state index in [1.165, 1.54) is 17.0 Å². The van der Waals surface area contributed by atoms with Crippen LogP contribution in [0.15, 0.2) is 66.7 Å². The van der Waals surface area contributed by atoms with E-state index < -0.39 is 17.7 Å². The van der Waals surface area contributed by atoms with Crippen LogP contribution in [-0.2, 0) is 28.9 Å². The highest BCUT2D eigenvalue weighted by Crippen LogP contribution is 2.36. The lowest BCUT2D eigenvalue weighted by Gasteiger charge is -2.17. The van der Waals surface area contributed by atoms with Gasteiger partial charge in [-0.1, -0.05) is 18.2 Å². The van der Waals surface area contributed by atoms with Crippen molar-refractivity contribution in [1.29, 1.82) is 0 Å². The summed E-state index contributed by atoms with van der Waals surface area (Å²) in [6.07, 6.45) is -4.45. The summed E-state index contributed by atoms with van der Waals surface area (Å²) in [5.74, 6) is 0.222. The number of hydrogen-bond acceptors (Lipinski definition) is 5. The molecule has 3 aromatic rings. The first kappa shape index (κ1) is 24.1. The minimum Gasteiger partial charge on any atom is -0.489 e. The standard InChI is InChI=1S/C26H22F3NO5/c1-2-33-24(31)16-34-20-6-3-5-17(13-20)15-35-23-8-4-7-21-22(23)14-30(25(21)32)19-11-9-18(10-12-19)26(27,28)29/h3-13H,2,14-16H2,1H3. The molecule has 0 aromatic heterocycles. The molecule has 0 saturated carbocycles. The first-order valence-electron chi connectivity index (χ1n) is 10.9. The molecule has 1 amide bonds. The van der Waals surface area contributed by atoms with Gasteiger partial charge in [-0.05, 0) is 61.0 Å². The highest BCUT2D eigenvalue weighted by Gasteiger charge is 2.33. The van der Waals surface area contributed by atoms with Crippen LogP contribution in [0.25, 0.3) is 0 Å². The molecule has 182 valence electrons. The lowest BCUT2D eigenvalue weighted by Crippen LogP contribution is -2.23. The molecule has 6 nitrogen and oxygen atoms in total. The lowest BCUT2D eigenvalue weighted by molar-refractivity contribution is -0.145. The molecule has 0 unspecified atom stereocenters. The third-order valence-corrected chi connectivity index (χ3v) is 5.39. The fourth-order valence-corrected chi connectivity index (χ4v) is 3.71. The number of rotatable bonds is 8. The van der Waals surface area contributed by atoms with E-state index in [4.69, 9.17) is 14.2 Å². The summed E-state index contributed by atoms with van der Waals surface area (Å²) < 4.78 is 54.9. The number of carbonyl (C=O) groups is 2. The van der Waals surface area contributed by atoms with Crippen molar-refractivity contribution in [3.63, 3.8) is 0 Å². The van der Waals surface area contributed by atoms with Gasteiger partial charge >= 0.3 is 12.1 Å². The maximum atomic E-state index is 12.9. The van der Waals surface area contributed by atoms with Crippen LogP contribution in [0.4, 0.5) is 18.9 Å². The normalized spacial score (nSPS) is 12.9. The number of amides is 1. The molecule has 0 spiro atoms. The Kier molecular flexibility index (Phi) is 6.95. The summed E-state index contributed by atoms with van der Waals surface area (Å²) in [6, 6.07) is 16.6. The Morgan fingerprint density at radius 1 is 1.00 bits per heavy atom. The van der Waals surface area contributed by atoms with Gasteiger partial charge in [0.05, 0.1) is 18.7 Å². The van der Waals surface area contributed by atoms with E-state index in [0.717, 1.165) is 17.7 Å². The fraction of sp³-hybridized carbons (Fsp3) is 0.231. The molecule has 4 rings (SSSR count). The number of anilines is 1. The number of alkyl halides is 3. The Morgan fingerprint density at radius 3 is 2.46 bits per heavy atom. The zero-order valence-electron chi connectivity index (χ0n) is 18.8. The van der Waals surface area contributed by atoms with Gasteiger partial charge in [-0.3, -0.25) is 4.79 Å². The lowest BCUT2D eigenvalue weighted by atomic mass is 10.1. The molecule has 3 aromatic carbocycles. The summed E-state index contributed by atoms with van der Waals surface area (Å²) >= 11 is 0. The van der Waals surface area contributed by atoms with Crippen LogP contribution in [0.3, 0.4) is 0 Å². The number of carbonyl (C=O) groups excluding carboxylic acids is 2. The van der Waals surface area contributed by atoms with E-state index in [2.05, 4.69) is 0 Å². The summed E-state index contributed by atoms with van der Waals surface area (Å²) in [4.78, 5) is 25.8. The van der Waals surface area contributed by atoms with Crippen molar-refractivity contribution < 1.29 is 37.0 Å². The zero-order chi connectivity index (χ0) is 25.0. The van der Waals surface area contributed by atoms with E-state index >= 15 is 0 Å². The van der Waals surface area contributed by atoms with Crippen molar-refractivity contribution in [1.82, 2.24) is 0 Å². The molecule has 0 radical (unpaired) electrons. The Labute approximate surface area is 199 Å². The van der Waals surface area contributed by atoms with Gasteiger partial charge in [0.1, 0.15) is 18.1 Å². The van der Waals surface area contributed by atoms with Crippen molar-refractivity contribution in [3.05, 3.63) is 89.0 Å². The molecule has 35 heavy (non-hydrogen) atoms. The van der Waals surface area contributed by atoms with Crippen molar-refractivity contribution in [2.45, 2.75) is 26.3 Å². The second-order valence-electron chi connectivity index (χ2n) is 7.75. The van der Waals surface area contributed by atoms with E-state index in [0.29, 0.717) is 28.3 Å². The summed E-state index contributed by atoms with van der Waals surface area (Å²) in [6.45, 7) is 2.15. The quantitative estimate of drug-likeness (QED) is 0.401. The van der Waals surface area contributed by atoms with Crippen LogP contribution < -0.4 is 14.4 Å². The SMILES string of the molecule is CCOC(=O)COc1cccc(COc2cccc3c2CN(c2ccc(C(F)(F)F)cc2)C3=O)c1. The van der Waals surface area contributed by atoms with E-state index in [-0.39, 0.29) is 32.3 Å². The first-order valence-corrected chi connectivity index (χ1v) is 10.9. The average Bonchev–Trinajstić information content (AvgIpc) is 3.18. The predicted molar refractivity (Wildman–Crippen MR) is 121 cm³/mol. The molecule has 1 heterocycles. The summed E-state index contributed by atoms with van der Waals surface area (Å²) in [5, 5.41) is 0. The van der Waals surface area contributed by atoms with Gasteiger partial charge in [-0.15, -0.1) is 0 Å². The number of esters is 1. The van der Waals surface area contributed by atoms with Gasteiger partial charge in [-0.25, -0.2) is 4.79 Å². The molecule has 1 aliphatic heterocycles. The Bertz CT molecular complexity index is 1220. The molecule has 1 aliphatic rings. The molecule has 0 saturated heterocycles. The highest BCUT2D eigenvalue weighted by molar-refractivity contribution is 6.10. The number of nitrogens with zero attached hydrogens (tertiary/aromatic N) is 1.